The first-order chi connectivity index (χ1) is 7.35. The maximum Gasteiger partial charge on any atom is 0.418 e. The number of nitrogens with two attached hydrogens (primary N) is 1. The van der Waals surface area contributed by atoms with Crippen LogP contribution < -0.4 is 11.3 Å². The molecule has 5 nitrogen and oxygen atoms in total. The third-order valence-corrected chi connectivity index (χ3v) is 1.25. The van der Waals surface area contributed by atoms with E-state index in [0.717, 1.165) is 0 Å². The highest BCUT2D eigenvalue weighted by Gasteiger charge is 2.27. The highest BCUT2D eigenvalue weighted by molar-refractivity contribution is 5.63. The minimum absolute atomic E-state index is 0.194. The van der Waals surface area contributed by atoms with E-state index in [1.54, 1.807) is 0 Å². The van der Waals surface area contributed by atoms with Crippen LogP contribution in [0.3, 0.4) is 0 Å². The zero-order valence-corrected chi connectivity index (χ0v) is 8.03. The summed E-state index contributed by atoms with van der Waals surface area (Å²) in [7, 11) is 0. The van der Waals surface area contributed by atoms with Crippen molar-refractivity contribution in [2.24, 2.45) is 5.84 Å². The fourth-order valence-electron chi connectivity index (χ4n) is 0.734. The van der Waals surface area contributed by atoms with Crippen LogP contribution in [0.2, 0.25) is 0 Å². The Balaban J connectivity index is 0.000000385. The van der Waals surface area contributed by atoms with Crippen molar-refractivity contribution in [1.82, 2.24) is 10.4 Å². The monoisotopic (exact) mass is 237 g/mol. The quantitative estimate of drug-likeness (QED) is 0.390. The van der Waals surface area contributed by atoms with Crippen LogP contribution in [0.1, 0.15) is 5.56 Å². The van der Waals surface area contributed by atoms with E-state index in [1.807, 2.05) is 0 Å². The van der Waals surface area contributed by atoms with Crippen molar-refractivity contribution in [1.29, 1.82) is 0 Å². The van der Waals surface area contributed by atoms with Crippen LogP contribution in [-0.2, 0) is 6.42 Å². The molecule has 0 fully saturated rings. The van der Waals surface area contributed by atoms with Gasteiger partial charge in [0, 0.05) is 12.4 Å². The minimum Gasteiger partial charge on any atom is -0.464 e. The zero-order chi connectivity index (χ0) is 12.6. The van der Waals surface area contributed by atoms with Crippen molar-refractivity contribution < 1.29 is 23.1 Å². The Labute approximate surface area is 89.1 Å². The Morgan fingerprint density at radius 3 is 2.44 bits per heavy atom. The number of rotatable bonds is 1. The number of alkyl halides is 3. The van der Waals surface area contributed by atoms with Crippen molar-refractivity contribution in [2.45, 2.75) is 12.6 Å². The van der Waals surface area contributed by atoms with E-state index in [-0.39, 0.29) is 5.56 Å². The van der Waals surface area contributed by atoms with E-state index in [1.165, 1.54) is 30.0 Å². The molecule has 1 heterocycles. The first-order valence-corrected chi connectivity index (χ1v) is 4.00. The molecule has 0 spiro atoms. The number of halogens is 3. The second-order valence-electron chi connectivity index (χ2n) is 2.60. The molecule has 0 saturated heterocycles. The Morgan fingerprint density at radius 1 is 1.56 bits per heavy atom. The molecule has 0 aliphatic carbocycles. The number of nitrogens with zero attached hydrogens (tertiary/aromatic N) is 1. The lowest BCUT2D eigenvalue weighted by Crippen LogP contribution is -2.27. The summed E-state index contributed by atoms with van der Waals surface area (Å²) >= 11 is 0. The van der Waals surface area contributed by atoms with Gasteiger partial charge in [-0.2, -0.15) is 13.2 Å². The number of carbonyl (C=O) groups is 1. The SMILES string of the molecule is FC(F)(F)Cc1cccnc1.NNC(=O)O. The molecule has 0 saturated carbocycles. The molecule has 1 aromatic heterocycles. The van der Waals surface area contributed by atoms with Gasteiger partial charge in [0.1, 0.15) is 0 Å². The highest BCUT2D eigenvalue weighted by atomic mass is 19.4. The summed E-state index contributed by atoms with van der Waals surface area (Å²) in [4.78, 5) is 12.7. The third-order valence-electron chi connectivity index (χ3n) is 1.25. The lowest BCUT2D eigenvalue weighted by atomic mass is 10.2. The Morgan fingerprint density at radius 2 is 2.12 bits per heavy atom. The first kappa shape index (κ1) is 14.2. The summed E-state index contributed by atoms with van der Waals surface area (Å²) in [6, 6.07) is 2.89. The number of nitrogens with one attached hydrogen (secondary N) is 1. The Kier molecular flexibility index (Phi) is 5.86. The van der Waals surface area contributed by atoms with Crippen molar-refractivity contribution in [2.75, 3.05) is 0 Å². The van der Waals surface area contributed by atoms with Crippen LogP contribution in [-0.4, -0.2) is 22.4 Å². The standard InChI is InChI=1S/C7H6F3N.CH4N2O2/c8-7(9,10)4-6-2-1-3-11-5-6;2-3-1(4)5/h1-3,5H,4H2;3H,2H2,(H,4,5). The van der Waals surface area contributed by atoms with E-state index in [2.05, 4.69) is 10.8 Å². The molecule has 0 unspecified atom stereocenters. The second-order valence-corrected chi connectivity index (χ2v) is 2.60. The molecule has 1 rings (SSSR count). The van der Waals surface area contributed by atoms with E-state index < -0.39 is 18.7 Å². The van der Waals surface area contributed by atoms with Crippen LogP contribution >= 0.6 is 0 Å². The van der Waals surface area contributed by atoms with Crippen molar-refractivity contribution in [3.63, 3.8) is 0 Å². The summed E-state index contributed by atoms with van der Waals surface area (Å²) in [5.74, 6) is 4.32. The first-order valence-electron chi connectivity index (χ1n) is 4.00. The van der Waals surface area contributed by atoms with Gasteiger partial charge in [0.05, 0.1) is 6.42 Å². The van der Waals surface area contributed by atoms with Crippen LogP contribution in [0.25, 0.3) is 0 Å². The van der Waals surface area contributed by atoms with Gasteiger partial charge >= 0.3 is 12.3 Å². The molecule has 0 atom stereocenters. The van der Waals surface area contributed by atoms with Crippen molar-refractivity contribution >= 4 is 6.09 Å². The minimum atomic E-state index is -4.14. The van der Waals surface area contributed by atoms with Crippen molar-refractivity contribution in [3.8, 4) is 0 Å². The fraction of sp³-hybridized carbons (Fsp3) is 0.250. The van der Waals surface area contributed by atoms with Gasteiger partial charge in [0.2, 0.25) is 0 Å². The number of carboxylic acid groups (broad SMARTS) is 1. The van der Waals surface area contributed by atoms with Gasteiger partial charge in [0.15, 0.2) is 0 Å². The number of hydrogen-bond acceptors (Lipinski definition) is 3. The van der Waals surface area contributed by atoms with E-state index in [9.17, 15) is 13.2 Å². The topological polar surface area (TPSA) is 88.2 Å². The van der Waals surface area contributed by atoms with Crippen LogP contribution in [0, 0.1) is 0 Å². The Hall–Kier alpha value is -1.83. The Bertz CT molecular complexity index is 316. The molecule has 1 aromatic rings. The molecule has 4 N–H and O–H groups in total. The average Bonchev–Trinajstić information content (AvgIpc) is 2.17. The van der Waals surface area contributed by atoms with Gasteiger partial charge < -0.3 is 5.11 Å². The van der Waals surface area contributed by atoms with Gasteiger partial charge in [-0.05, 0) is 11.6 Å². The normalized spacial score (nSPS) is 10.0. The van der Waals surface area contributed by atoms with Gasteiger partial charge in [-0.3, -0.25) is 10.4 Å². The van der Waals surface area contributed by atoms with Gasteiger partial charge in [-0.15, -0.1) is 0 Å². The smallest absolute Gasteiger partial charge is 0.418 e. The molecular weight excluding hydrogens is 227 g/mol. The lowest BCUT2D eigenvalue weighted by molar-refractivity contribution is -0.127. The summed E-state index contributed by atoms with van der Waals surface area (Å²) in [5.41, 5.74) is 1.64. The molecule has 0 bridgehead atoms. The number of pyridine rings is 1. The van der Waals surface area contributed by atoms with Crippen LogP contribution in [0.5, 0.6) is 0 Å². The number of hydrazine groups is 1. The molecule has 90 valence electrons. The maximum atomic E-state index is 11.7. The summed E-state index contributed by atoms with van der Waals surface area (Å²) in [6.45, 7) is 0. The maximum absolute atomic E-state index is 11.7. The molecule has 16 heavy (non-hydrogen) atoms. The fourth-order valence-corrected chi connectivity index (χ4v) is 0.734. The molecule has 0 aliphatic rings. The number of amides is 1. The lowest BCUT2D eigenvalue weighted by Gasteiger charge is -2.04. The van der Waals surface area contributed by atoms with E-state index in [4.69, 9.17) is 9.90 Å². The summed E-state index contributed by atoms with van der Waals surface area (Å²) < 4.78 is 35.1. The predicted octanol–water partition coefficient (Wildman–Crippen LogP) is 1.31. The van der Waals surface area contributed by atoms with Crippen LogP contribution in [0.4, 0.5) is 18.0 Å². The molecular formula is C8H10F3N3O2. The molecule has 0 aromatic carbocycles. The third kappa shape index (κ3) is 8.75. The summed E-state index contributed by atoms with van der Waals surface area (Å²) in [6.07, 6.45) is -3.60. The predicted molar refractivity (Wildman–Crippen MR) is 49.3 cm³/mol. The molecule has 8 heteroatoms. The highest BCUT2D eigenvalue weighted by Crippen LogP contribution is 2.20. The molecule has 1 amide bonds. The molecule has 0 aliphatic heterocycles. The number of hydrogen-bond donors (Lipinski definition) is 3. The van der Waals surface area contributed by atoms with Crippen LogP contribution in [0.15, 0.2) is 24.5 Å². The second kappa shape index (κ2) is 6.62. The number of aromatic nitrogens is 1. The van der Waals surface area contributed by atoms with Gasteiger partial charge in [-0.1, -0.05) is 6.07 Å². The average molecular weight is 237 g/mol. The van der Waals surface area contributed by atoms with Gasteiger partial charge in [0.25, 0.3) is 0 Å². The van der Waals surface area contributed by atoms with E-state index >= 15 is 0 Å². The zero-order valence-electron chi connectivity index (χ0n) is 8.03. The van der Waals surface area contributed by atoms with Gasteiger partial charge in [-0.25, -0.2) is 10.6 Å². The molecule has 0 radical (unpaired) electrons. The van der Waals surface area contributed by atoms with Crippen molar-refractivity contribution in [3.05, 3.63) is 30.1 Å². The summed E-state index contributed by atoms with van der Waals surface area (Å²) in [5, 5.41) is 7.49. The largest absolute Gasteiger partial charge is 0.464 e. The van der Waals surface area contributed by atoms with E-state index in [0.29, 0.717) is 0 Å².